The molecule has 0 nitrogen and oxygen atoms in total. The van der Waals surface area contributed by atoms with Crippen LogP contribution < -0.4 is 0 Å². The zero-order chi connectivity index (χ0) is 13.4. The highest BCUT2D eigenvalue weighted by Crippen LogP contribution is 2.47. The molecule has 0 heteroatoms. The van der Waals surface area contributed by atoms with Gasteiger partial charge >= 0.3 is 0 Å². The van der Waals surface area contributed by atoms with Crippen molar-refractivity contribution >= 4 is 0 Å². The van der Waals surface area contributed by atoms with Crippen LogP contribution in [-0.2, 0) is 0 Å². The van der Waals surface area contributed by atoms with Gasteiger partial charge in [-0.15, -0.1) is 0 Å². The Kier molecular flexibility index (Phi) is 2.67. The Labute approximate surface area is 119 Å². The average Bonchev–Trinajstić information content (AvgIpc) is 2.68. The average molecular weight is 256 g/mol. The van der Waals surface area contributed by atoms with Gasteiger partial charge in [-0.25, -0.2) is 0 Å². The molecule has 96 valence electrons. The SMILES string of the molecule is C1=C/C=C\C2=C(C=C1)C1=C3/C(=C\C=C/C=C1)CC=CC23. The van der Waals surface area contributed by atoms with Gasteiger partial charge in [0.25, 0.3) is 0 Å². The largest absolute Gasteiger partial charge is 0.0832 e. The lowest BCUT2D eigenvalue weighted by atomic mass is 9.82. The first-order chi connectivity index (χ1) is 9.95. The third-order valence-electron chi connectivity index (χ3n) is 4.20. The van der Waals surface area contributed by atoms with E-state index in [9.17, 15) is 0 Å². The zero-order valence-corrected chi connectivity index (χ0v) is 11.3. The number of hydrogen-bond acceptors (Lipinski definition) is 0. The molecule has 0 radical (unpaired) electrons. The summed E-state index contributed by atoms with van der Waals surface area (Å²) >= 11 is 0. The van der Waals surface area contributed by atoms with Crippen molar-refractivity contribution in [3.8, 4) is 0 Å². The summed E-state index contributed by atoms with van der Waals surface area (Å²) < 4.78 is 0. The fourth-order valence-corrected chi connectivity index (χ4v) is 3.35. The van der Waals surface area contributed by atoms with Crippen LogP contribution in [0, 0.1) is 5.92 Å². The highest BCUT2D eigenvalue weighted by Gasteiger charge is 2.32. The van der Waals surface area contributed by atoms with Crippen LogP contribution in [0.5, 0.6) is 0 Å². The second-order valence-electron chi connectivity index (χ2n) is 5.35. The number of allylic oxidation sites excluding steroid dienone is 18. The second kappa shape index (κ2) is 4.64. The molecule has 0 aromatic carbocycles. The van der Waals surface area contributed by atoms with Crippen molar-refractivity contribution in [2.45, 2.75) is 6.42 Å². The molecule has 4 aliphatic carbocycles. The lowest BCUT2D eigenvalue weighted by Gasteiger charge is -2.21. The van der Waals surface area contributed by atoms with Gasteiger partial charge in [0, 0.05) is 5.92 Å². The minimum atomic E-state index is 0.420. The molecule has 0 spiro atoms. The molecule has 4 aliphatic rings. The maximum absolute atomic E-state index is 2.36. The Bertz CT molecular complexity index is 722. The smallest absolute Gasteiger partial charge is 0.0284 e. The Hall–Kier alpha value is -2.34. The van der Waals surface area contributed by atoms with Crippen molar-refractivity contribution in [1.29, 1.82) is 0 Å². The Morgan fingerprint density at radius 1 is 0.750 bits per heavy atom. The van der Waals surface area contributed by atoms with Crippen molar-refractivity contribution in [2.75, 3.05) is 0 Å². The summed E-state index contributed by atoms with van der Waals surface area (Å²) in [7, 11) is 0. The molecule has 0 N–H and O–H groups in total. The van der Waals surface area contributed by atoms with Crippen molar-refractivity contribution in [3.05, 3.63) is 107 Å². The minimum Gasteiger partial charge on any atom is -0.0832 e. The highest BCUT2D eigenvalue weighted by molar-refractivity contribution is 5.70. The fourth-order valence-electron chi connectivity index (χ4n) is 3.35. The van der Waals surface area contributed by atoms with E-state index in [1.54, 1.807) is 0 Å². The summed E-state index contributed by atoms with van der Waals surface area (Å²) in [6.45, 7) is 0. The molecule has 1 atom stereocenters. The van der Waals surface area contributed by atoms with E-state index < -0.39 is 0 Å². The summed E-state index contributed by atoms with van der Waals surface area (Å²) in [5, 5.41) is 0. The molecule has 0 aromatic heterocycles. The van der Waals surface area contributed by atoms with Gasteiger partial charge in [0.1, 0.15) is 0 Å². The van der Waals surface area contributed by atoms with Crippen molar-refractivity contribution in [2.24, 2.45) is 5.92 Å². The monoisotopic (exact) mass is 256 g/mol. The van der Waals surface area contributed by atoms with Crippen LogP contribution in [-0.4, -0.2) is 0 Å². The Balaban J connectivity index is 1.97. The molecule has 0 fully saturated rings. The molecule has 1 unspecified atom stereocenters. The minimum absolute atomic E-state index is 0.420. The van der Waals surface area contributed by atoms with Gasteiger partial charge in [-0.05, 0) is 34.3 Å². The molecule has 0 amide bonds. The zero-order valence-electron chi connectivity index (χ0n) is 11.3. The molecule has 0 heterocycles. The Morgan fingerprint density at radius 2 is 1.50 bits per heavy atom. The number of rotatable bonds is 0. The number of fused-ring (bicyclic) bond motifs is 2. The predicted octanol–water partition coefficient (Wildman–Crippen LogP) is 4.90. The van der Waals surface area contributed by atoms with Gasteiger partial charge in [0.05, 0.1) is 0 Å². The third kappa shape index (κ3) is 1.69. The van der Waals surface area contributed by atoms with E-state index in [4.69, 9.17) is 0 Å². The molecular weight excluding hydrogens is 240 g/mol. The third-order valence-corrected chi connectivity index (χ3v) is 4.20. The Morgan fingerprint density at radius 3 is 2.40 bits per heavy atom. The van der Waals surface area contributed by atoms with Gasteiger partial charge in [-0.2, -0.15) is 0 Å². The van der Waals surface area contributed by atoms with Gasteiger partial charge in [0.2, 0.25) is 0 Å². The van der Waals surface area contributed by atoms with Crippen LogP contribution in [0.25, 0.3) is 0 Å². The van der Waals surface area contributed by atoms with Crippen LogP contribution in [0.3, 0.4) is 0 Å². The maximum atomic E-state index is 2.36. The van der Waals surface area contributed by atoms with Crippen LogP contribution >= 0.6 is 0 Å². The van der Waals surface area contributed by atoms with E-state index in [1.807, 2.05) is 0 Å². The van der Waals surface area contributed by atoms with Gasteiger partial charge in [-0.1, -0.05) is 79.0 Å². The summed E-state index contributed by atoms with van der Waals surface area (Å²) in [4.78, 5) is 0. The molecule has 4 rings (SSSR count). The van der Waals surface area contributed by atoms with E-state index in [0.717, 1.165) is 6.42 Å². The molecule has 0 bridgehead atoms. The van der Waals surface area contributed by atoms with E-state index in [-0.39, 0.29) is 0 Å². The number of hydrogen-bond donors (Lipinski definition) is 0. The lowest BCUT2D eigenvalue weighted by molar-refractivity contribution is 0.897. The van der Waals surface area contributed by atoms with E-state index in [1.165, 1.54) is 27.9 Å². The summed E-state index contributed by atoms with van der Waals surface area (Å²) in [5.74, 6) is 0.420. The van der Waals surface area contributed by atoms with E-state index >= 15 is 0 Å². The van der Waals surface area contributed by atoms with Crippen LogP contribution in [0.2, 0.25) is 0 Å². The molecule has 0 saturated heterocycles. The van der Waals surface area contributed by atoms with E-state index in [2.05, 4.69) is 79.0 Å². The van der Waals surface area contributed by atoms with Crippen LogP contribution in [0.15, 0.2) is 107 Å². The summed E-state index contributed by atoms with van der Waals surface area (Å²) in [5.41, 5.74) is 7.13. The van der Waals surface area contributed by atoms with Crippen LogP contribution in [0.4, 0.5) is 0 Å². The molecular formula is C20H16. The first-order valence-electron chi connectivity index (χ1n) is 7.16. The maximum Gasteiger partial charge on any atom is 0.0284 e. The van der Waals surface area contributed by atoms with Crippen molar-refractivity contribution < 1.29 is 0 Å². The topological polar surface area (TPSA) is 0 Å². The van der Waals surface area contributed by atoms with E-state index in [0.29, 0.717) is 5.92 Å². The predicted molar refractivity (Wildman–Crippen MR) is 85.1 cm³/mol. The fraction of sp³-hybridized carbons (Fsp3) is 0.100. The summed E-state index contributed by atoms with van der Waals surface area (Å²) in [6.07, 6.45) is 29.6. The normalized spacial score (nSPS) is 31.8. The van der Waals surface area contributed by atoms with Gasteiger partial charge < -0.3 is 0 Å². The quantitative estimate of drug-likeness (QED) is 0.540. The van der Waals surface area contributed by atoms with Gasteiger partial charge in [0.15, 0.2) is 0 Å². The molecule has 0 aliphatic heterocycles. The highest BCUT2D eigenvalue weighted by atomic mass is 14.3. The molecule has 20 heavy (non-hydrogen) atoms. The standard InChI is InChI=1S/C20H16/c1-2-6-12-17-16(11-5-1)18-13-7-3-4-9-15-10-8-14-19(17)20(15)18/h1-9,11-14,19H,10H2/b2-1?,4-3-,5-1?,6-2?,7-3?,9-4?,11-5?,12-6-,13-7?,15-9-,16-11?,17-12?,18-13?. The molecule has 0 saturated carbocycles. The lowest BCUT2D eigenvalue weighted by Crippen LogP contribution is -2.07. The van der Waals surface area contributed by atoms with Gasteiger partial charge in [-0.3, -0.25) is 0 Å². The first kappa shape index (κ1) is 11.5. The summed E-state index contributed by atoms with van der Waals surface area (Å²) in [6, 6.07) is 0. The van der Waals surface area contributed by atoms with Crippen molar-refractivity contribution in [3.63, 3.8) is 0 Å². The molecule has 0 aromatic rings. The van der Waals surface area contributed by atoms with Crippen molar-refractivity contribution in [1.82, 2.24) is 0 Å². The van der Waals surface area contributed by atoms with Crippen LogP contribution in [0.1, 0.15) is 6.42 Å². The first-order valence-corrected chi connectivity index (χ1v) is 7.16. The second-order valence-corrected chi connectivity index (χ2v) is 5.35.